The average Bonchev–Trinajstić information content (AvgIpc) is 2.80. The van der Waals surface area contributed by atoms with Crippen molar-refractivity contribution in [3.63, 3.8) is 0 Å². The average molecular weight is 244 g/mol. The second-order valence-electron chi connectivity index (χ2n) is 4.37. The van der Waals surface area contributed by atoms with Gasteiger partial charge in [-0.1, -0.05) is 37.3 Å². The Hall–Kier alpha value is -1.68. The van der Waals surface area contributed by atoms with E-state index in [0.29, 0.717) is 6.54 Å². The lowest BCUT2D eigenvalue weighted by molar-refractivity contribution is 0.605. The van der Waals surface area contributed by atoms with Crippen molar-refractivity contribution in [2.24, 2.45) is 5.73 Å². The second-order valence-corrected chi connectivity index (χ2v) is 4.37. The van der Waals surface area contributed by atoms with E-state index in [1.165, 1.54) is 5.56 Å². The van der Waals surface area contributed by atoms with Gasteiger partial charge in [-0.15, -0.1) is 10.2 Å². The third-order valence-electron chi connectivity index (χ3n) is 3.01. The van der Waals surface area contributed by atoms with Gasteiger partial charge in [-0.05, 0) is 18.4 Å². The summed E-state index contributed by atoms with van der Waals surface area (Å²) in [5.74, 6) is 1.93. The molecule has 0 atom stereocenters. The summed E-state index contributed by atoms with van der Waals surface area (Å²) in [4.78, 5) is 0. The quantitative estimate of drug-likeness (QED) is 0.844. The minimum Gasteiger partial charge on any atom is -0.324 e. The predicted molar refractivity (Wildman–Crippen MR) is 72.1 cm³/mol. The van der Waals surface area contributed by atoms with E-state index in [1.807, 2.05) is 6.07 Å². The van der Waals surface area contributed by atoms with Crippen LogP contribution in [0.15, 0.2) is 30.3 Å². The first kappa shape index (κ1) is 12.8. The van der Waals surface area contributed by atoms with Gasteiger partial charge in [0.05, 0.1) is 6.54 Å². The molecule has 0 aliphatic carbocycles. The number of nitrogens with zero attached hydrogens (tertiary/aromatic N) is 3. The van der Waals surface area contributed by atoms with Crippen LogP contribution in [0.2, 0.25) is 0 Å². The van der Waals surface area contributed by atoms with Crippen molar-refractivity contribution in [2.75, 3.05) is 0 Å². The summed E-state index contributed by atoms with van der Waals surface area (Å²) in [6.07, 6.45) is 2.98. The highest BCUT2D eigenvalue weighted by Crippen LogP contribution is 2.08. The van der Waals surface area contributed by atoms with Crippen LogP contribution >= 0.6 is 0 Å². The third kappa shape index (κ3) is 2.96. The van der Waals surface area contributed by atoms with Crippen LogP contribution in [0.4, 0.5) is 0 Å². The van der Waals surface area contributed by atoms with Gasteiger partial charge >= 0.3 is 0 Å². The first-order valence-corrected chi connectivity index (χ1v) is 6.50. The molecule has 4 nitrogen and oxygen atoms in total. The zero-order valence-corrected chi connectivity index (χ0v) is 10.8. The van der Waals surface area contributed by atoms with Crippen LogP contribution in [0, 0.1) is 0 Å². The van der Waals surface area contributed by atoms with E-state index < -0.39 is 0 Å². The Balaban J connectivity index is 2.07. The highest BCUT2D eigenvalue weighted by Gasteiger charge is 2.09. The van der Waals surface area contributed by atoms with Crippen LogP contribution in [-0.2, 0) is 25.9 Å². The van der Waals surface area contributed by atoms with Gasteiger partial charge in [0, 0.05) is 13.0 Å². The van der Waals surface area contributed by atoms with E-state index in [4.69, 9.17) is 5.73 Å². The molecule has 2 N–H and O–H groups in total. The number of hydrogen-bond acceptors (Lipinski definition) is 3. The lowest BCUT2D eigenvalue weighted by Gasteiger charge is -2.07. The van der Waals surface area contributed by atoms with E-state index in [0.717, 1.165) is 37.5 Å². The molecule has 18 heavy (non-hydrogen) atoms. The van der Waals surface area contributed by atoms with Gasteiger partial charge in [-0.3, -0.25) is 0 Å². The van der Waals surface area contributed by atoms with E-state index in [-0.39, 0.29) is 0 Å². The second kappa shape index (κ2) is 6.31. The van der Waals surface area contributed by atoms with E-state index in [9.17, 15) is 0 Å². The van der Waals surface area contributed by atoms with Gasteiger partial charge < -0.3 is 10.3 Å². The number of rotatable bonds is 6. The summed E-state index contributed by atoms with van der Waals surface area (Å²) >= 11 is 0. The molecule has 2 aromatic rings. The lowest BCUT2D eigenvalue weighted by atomic mass is 10.1. The molecule has 1 aromatic heterocycles. The molecule has 0 bridgehead atoms. The zero-order chi connectivity index (χ0) is 12.8. The highest BCUT2D eigenvalue weighted by molar-refractivity contribution is 5.15. The molecule has 0 spiro atoms. The Morgan fingerprint density at radius 2 is 1.78 bits per heavy atom. The molecule has 0 unspecified atom stereocenters. The third-order valence-corrected chi connectivity index (χ3v) is 3.01. The largest absolute Gasteiger partial charge is 0.324 e. The van der Waals surface area contributed by atoms with Crippen molar-refractivity contribution in [2.45, 2.75) is 39.3 Å². The van der Waals surface area contributed by atoms with Crippen LogP contribution < -0.4 is 5.73 Å². The molecule has 2 rings (SSSR count). The van der Waals surface area contributed by atoms with Crippen molar-refractivity contribution in [3.8, 4) is 0 Å². The van der Waals surface area contributed by atoms with E-state index >= 15 is 0 Å². The zero-order valence-electron chi connectivity index (χ0n) is 10.8. The first-order valence-electron chi connectivity index (χ1n) is 6.50. The SMILES string of the molecule is CCCn1c(CN)nnc1CCc1ccccc1. The van der Waals surface area contributed by atoms with Gasteiger partial charge in [-0.2, -0.15) is 0 Å². The molecule has 96 valence electrons. The van der Waals surface area contributed by atoms with Gasteiger partial charge in [0.1, 0.15) is 11.6 Å². The van der Waals surface area contributed by atoms with Crippen molar-refractivity contribution in [1.29, 1.82) is 0 Å². The topological polar surface area (TPSA) is 56.7 Å². The molecule has 0 radical (unpaired) electrons. The minimum atomic E-state index is 0.457. The fourth-order valence-corrected chi connectivity index (χ4v) is 2.09. The van der Waals surface area contributed by atoms with Crippen molar-refractivity contribution < 1.29 is 0 Å². The summed E-state index contributed by atoms with van der Waals surface area (Å²) in [6.45, 7) is 3.56. The molecule has 0 fully saturated rings. The smallest absolute Gasteiger partial charge is 0.146 e. The van der Waals surface area contributed by atoms with Crippen molar-refractivity contribution in [3.05, 3.63) is 47.5 Å². The molecule has 1 aromatic carbocycles. The normalized spacial score (nSPS) is 10.8. The Kier molecular flexibility index (Phi) is 4.47. The molecule has 4 heteroatoms. The maximum atomic E-state index is 5.68. The van der Waals surface area contributed by atoms with Crippen molar-refractivity contribution in [1.82, 2.24) is 14.8 Å². The van der Waals surface area contributed by atoms with Crippen LogP contribution in [0.1, 0.15) is 30.6 Å². The van der Waals surface area contributed by atoms with Crippen LogP contribution in [0.25, 0.3) is 0 Å². The summed E-state index contributed by atoms with van der Waals surface area (Å²) in [5.41, 5.74) is 7.01. The van der Waals surface area contributed by atoms with Gasteiger partial charge in [0.15, 0.2) is 0 Å². The van der Waals surface area contributed by atoms with Gasteiger partial charge in [0.2, 0.25) is 0 Å². The van der Waals surface area contributed by atoms with Crippen molar-refractivity contribution >= 4 is 0 Å². The highest BCUT2D eigenvalue weighted by atomic mass is 15.3. The molecule has 0 saturated heterocycles. The molecule has 0 amide bonds. The monoisotopic (exact) mass is 244 g/mol. The molecule has 0 aliphatic heterocycles. The molecule has 0 saturated carbocycles. The van der Waals surface area contributed by atoms with Crippen LogP contribution in [-0.4, -0.2) is 14.8 Å². The molecule has 1 heterocycles. The Morgan fingerprint density at radius 3 is 2.44 bits per heavy atom. The van der Waals surface area contributed by atoms with E-state index in [1.54, 1.807) is 0 Å². The summed E-state index contributed by atoms with van der Waals surface area (Å²) < 4.78 is 2.16. The molecule has 0 aliphatic rings. The maximum absolute atomic E-state index is 5.68. The molecular formula is C14H20N4. The Bertz CT molecular complexity index is 476. The fourth-order valence-electron chi connectivity index (χ4n) is 2.09. The Morgan fingerprint density at radius 1 is 1.06 bits per heavy atom. The van der Waals surface area contributed by atoms with Crippen LogP contribution in [0.5, 0.6) is 0 Å². The van der Waals surface area contributed by atoms with Gasteiger partial charge in [-0.25, -0.2) is 0 Å². The Labute approximate surface area is 108 Å². The molecular weight excluding hydrogens is 224 g/mol. The number of aryl methyl sites for hydroxylation is 2. The standard InChI is InChI=1S/C14H20N4/c1-2-10-18-13(16-17-14(18)11-15)9-8-12-6-4-3-5-7-12/h3-7H,2,8-11,15H2,1H3. The first-order chi connectivity index (χ1) is 8.85. The minimum absolute atomic E-state index is 0.457. The summed E-state index contributed by atoms with van der Waals surface area (Å²) in [7, 11) is 0. The van der Waals surface area contributed by atoms with Crippen LogP contribution in [0.3, 0.4) is 0 Å². The van der Waals surface area contributed by atoms with Gasteiger partial charge in [0.25, 0.3) is 0 Å². The summed E-state index contributed by atoms with van der Waals surface area (Å²) in [6, 6.07) is 10.5. The number of benzene rings is 1. The number of hydrogen-bond donors (Lipinski definition) is 1. The fraction of sp³-hybridized carbons (Fsp3) is 0.429. The lowest BCUT2D eigenvalue weighted by Crippen LogP contribution is -2.11. The number of aromatic nitrogens is 3. The number of nitrogens with two attached hydrogens (primary N) is 1. The maximum Gasteiger partial charge on any atom is 0.146 e. The summed E-state index contributed by atoms with van der Waals surface area (Å²) in [5, 5.41) is 8.41. The predicted octanol–water partition coefficient (Wildman–Crippen LogP) is 1.93. The van der Waals surface area contributed by atoms with E-state index in [2.05, 4.69) is 46.0 Å².